The van der Waals surface area contributed by atoms with Crippen LogP contribution in [0.1, 0.15) is 51.0 Å². The molecule has 100 valence electrons. The molecule has 1 aromatic rings. The van der Waals surface area contributed by atoms with Crippen LogP contribution in [0.15, 0.2) is 23.4 Å². The van der Waals surface area contributed by atoms with Crippen LogP contribution in [0.25, 0.3) is 0 Å². The summed E-state index contributed by atoms with van der Waals surface area (Å²) < 4.78 is 0. The Balaban J connectivity index is 2.01. The number of hydrogen-bond acceptors (Lipinski definition) is 3. The third kappa shape index (κ3) is 3.99. The summed E-state index contributed by atoms with van der Waals surface area (Å²) in [5.74, 6) is 0. The lowest BCUT2D eigenvalue weighted by Crippen LogP contribution is -2.22. The number of pyridine rings is 1. The van der Waals surface area contributed by atoms with Gasteiger partial charge in [-0.05, 0) is 37.3 Å². The molecule has 1 unspecified atom stereocenters. The van der Waals surface area contributed by atoms with Crippen molar-refractivity contribution in [3.63, 3.8) is 0 Å². The van der Waals surface area contributed by atoms with Gasteiger partial charge in [0.2, 0.25) is 0 Å². The van der Waals surface area contributed by atoms with Crippen LogP contribution in [0.2, 0.25) is 0 Å². The van der Waals surface area contributed by atoms with Gasteiger partial charge in [0.1, 0.15) is 0 Å². The highest BCUT2D eigenvalue weighted by Crippen LogP contribution is 2.34. The summed E-state index contributed by atoms with van der Waals surface area (Å²) in [6.45, 7) is 2.15. The average molecular weight is 264 g/mol. The van der Waals surface area contributed by atoms with Crippen molar-refractivity contribution in [1.29, 1.82) is 0 Å². The molecule has 1 atom stereocenters. The monoisotopic (exact) mass is 264 g/mol. The van der Waals surface area contributed by atoms with Gasteiger partial charge in [0, 0.05) is 17.5 Å². The van der Waals surface area contributed by atoms with Crippen molar-refractivity contribution < 1.29 is 0 Å². The minimum atomic E-state index is 0.264. The number of thioether (sulfide) groups is 1. The summed E-state index contributed by atoms with van der Waals surface area (Å²) >= 11 is 1.98. The molecule has 0 radical (unpaired) electrons. The fourth-order valence-corrected chi connectivity index (χ4v) is 3.76. The van der Waals surface area contributed by atoms with Gasteiger partial charge in [0.15, 0.2) is 0 Å². The molecule has 1 aliphatic rings. The molecule has 0 amide bonds. The summed E-state index contributed by atoms with van der Waals surface area (Å²) in [6.07, 6.45) is 10.8. The minimum Gasteiger partial charge on any atom is -0.327 e. The van der Waals surface area contributed by atoms with Crippen molar-refractivity contribution in [3.05, 3.63) is 23.9 Å². The summed E-state index contributed by atoms with van der Waals surface area (Å²) in [7, 11) is 0. The fraction of sp³-hybridized carbons (Fsp3) is 0.667. The van der Waals surface area contributed by atoms with Crippen LogP contribution >= 0.6 is 11.8 Å². The highest BCUT2D eigenvalue weighted by molar-refractivity contribution is 7.99. The van der Waals surface area contributed by atoms with Crippen LogP contribution in [0.3, 0.4) is 0 Å². The third-order valence-electron chi connectivity index (χ3n) is 3.69. The normalized spacial score (nSPS) is 18.8. The van der Waals surface area contributed by atoms with Crippen molar-refractivity contribution in [2.75, 3.05) is 0 Å². The largest absolute Gasteiger partial charge is 0.327 e. The Morgan fingerprint density at radius 2 is 2.17 bits per heavy atom. The van der Waals surface area contributed by atoms with Gasteiger partial charge in [-0.1, -0.05) is 32.3 Å². The zero-order valence-corrected chi connectivity index (χ0v) is 12.1. The van der Waals surface area contributed by atoms with E-state index in [1.54, 1.807) is 0 Å². The van der Waals surface area contributed by atoms with Crippen molar-refractivity contribution in [2.45, 2.75) is 68.2 Å². The molecule has 1 heterocycles. The molecule has 3 heteroatoms. The summed E-state index contributed by atoms with van der Waals surface area (Å²) in [5.41, 5.74) is 7.41. The van der Waals surface area contributed by atoms with E-state index >= 15 is 0 Å². The molecule has 2 N–H and O–H groups in total. The molecule has 0 saturated heterocycles. The van der Waals surface area contributed by atoms with Gasteiger partial charge in [-0.2, -0.15) is 0 Å². The Morgan fingerprint density at radius 1 is 1.39 bits per heavy atom. The van der Waals surface area contributed by atoms with Crippen LogP contribution < -0.4 is 5.73 Å². The molecule has 0 bridgehead atoms. The Hall–Kier alpha value is -0.540. The van der Waals surface area contributed by atoms with E-state index in [1.807, 2.05) is 24.0 Å². The van der Waals surface area contributed by atoms with Gasteiger partial charge in [0.05, 0.1) is 5.03 Å². The average Bonchev–Trinajstić information content (AvgIpc) is 2.42. The third-order valence-corrected chi connectivity index (χ3v) is 5.08. The molecular formula is C15H24N2S. The van der Waals surface area contributed by atoms with Gasteiger partial charge in [0.25, 0.3) is 0 Å². The van der Waals surface area contributed by atoms with Gasteiger partial charge in [-0.3, -0.25) is 0 Å². The maximum atomic E-state index is 6.07. The number of nitrogens with two attached hydrogens (primary N) is 1. The summed E-state index contributed by atoms with van der Waals surface area (Å²) in [5, 5.41) is 1.98. The van der Waals surface area contributed by atoms with E-state index in [0.29, 0.717) is 0 Å². The highest BCUT2D eigenvalue weighted by Gasteiger charge is 2.17. The summed E-state index contributed by atoms with van der Waals surface area (Å²) in [4.78, 5) is 4.57. The second-order valence-corrected chi connectivity index (χ2v) is 6.51. The molecule has 0 aliphatic heterocycles. The maximum absolute atomic E-state index is 6.07. The van der Waals surface area contributed by atoms with Gasteiger partial charge in [-0.15, -0.1) is 11.8 Å². The molecule has 18 heavy (non-hydrogen) atoms. The Kier molecular flexibility index (Phi) is 5.51. The quantitative estimate of drug-likeness (QED) is 0.879. The fourth-order valence-electron chi connectivity index (χ4n) is 2.45. The Labute approximate surface area is 115 Å². The molecule has 2 nitrogen and oxygen atoms in total. The topological polar surface area (TPSA) is 38.9 Å². The van der Waals surface area contributed by atoms with Crippen LogP contribution in [0, 0.1) is 0 Å². The van der Waals surface area contributed by atoms with Gasteiger partial charge in [-0.25, -0.2) is 4.98 Å². The first-order valence-corrected chi connectivity index (χ1v) is 8.03. The highest BCUT2D eigenvalue weighted by atomic mass is 32.2. The molecule has 1 aromatic heterocycles. The smallest absolute Gasteiger partial charge is 0.0995 e. The zero-order chi connectivity index (χ0) is 12.8. The Bertz CT molecular complexity index is 361. The van der Waals surface area contributed by atoms with E-state index in [9.17, 15) is 0 Å². The van der Waals surface area contributed by atoms with E-state index in [1.165, 1.54) is 42.7 Å². The second kappa shape index (κ2) is 7.15. The van der Waals surface area contributed by atoms with Gasteiger partial charge >= 0.3 is 0 Å². The van der Waals surface area contributed by atoms with Crippen molar-refractivity contribution in [1.82, 2.24) is 4.98 Å². The number of aromatic nitrogens is 1. The lowest BCUT2D eigenvalue weighted by Gasteiger charge is -2.22. The molecule has 1 fully saturated rings. The van der Waals surface area contributed by atoms with Crippen molar-refractivity contribution >= 4 is 11.8 Å². The number of hydrogen-bond donors (Lipinski definition) is 1. The lowest BCUT2D eigenvalue weighted by atomic mass is 10.0. The Morgan fingerprint density at radius 3 is 2.89 bits per heavy atom. The van der Waals surface area contributed by atoms with E-state index in [-0.39, 0.29) is 6.04 Å². The van der Waals surface area contributed by atoms with Crippen molar-refractivity contribution in [3.8, 4) is 0 Å². The first kappa shape index (κ1) is 13.9. The first-order chi connectivity index (χ1) is 8.79. The standard InChI is InChI=1S/C15H24N2S/c1-2-13(16)11-12-7-6-10-17-15(12)18-14-8-4-3-5-9-14/h6-7,10,13-14H,2-5,8-9,11,16H2,1H3. The van der Waals surface area contributed by atoms with Crippen LogP contribution in [0.5, 0.6) is 0 Å². The van der Waals surface area contributed by atoms with Crippen molar-refractivity contribution in [2.24, 2.45) is 5.73 Å². The van der Waals surface area contributed by atoms with E-state index < -0.39 is 0 Å². The predicted molar refractivity (Wildman–Crippen MR) is 78.9 cm³/mol. The molecule has 1 aliphatic carbocycles. The van der Waals surface area contributed by atoms with Crippen LogP contribution in [-0.4, -0.2) is 16.3 Å². The predicted octanol–water partition coefficient (Wildman–Crippen LogP) is 3.79. The SMILES string of the molecule is CCC(N)Cc1cccnc1SC1CCCCC1. The van der Waals surface area contributed by atoms with E-state index in [4.69, 9.17) is 5.73 Å². The van der Waals surface area contributed by atoms with E-state index in [0.717, 1.165) is 18.1 Å². The number of rotatable bonds is 5. The number of nitrogens with zero attached hydrogens (tertiary/aromatic N) is 1. The zero-order valence-electron chi connectivity index (χ0n) is 11.3. The molecule has 1 saturated carbocycles. The maximum Gasteiger partial charge on any atom is 0.0995 e. The minimum absolute atomic E-state index is 0.264. The molecule has 2 rings (SSSR count). The van der Waals surface area contributed by atoms with Crippen LogP contribution in [0.4, 0.5) is 0 Å². The first-order valence-electron chi connectivity index (χ1n) is 7.15. The van der Waals surface area contributed by atoms with Crippen LogP contribution in [-0.2, 0) is 6.42 Å². The lowest BCUT2D eigenvalue weighted by molar-refractivity contribution is 0.515. The second-order valence-electron chi connectivity index (χ2n) is 5.22. The molecule has 0 aromatic carbocycles. The van der Waals surface area contributed by atoms with Gasteiger partial charge < -0.3 is 5.73 Å². The molecular weight excluding hydrogens is 240 g/mol. The van der Waals surface area contributed by atoms with E-state index in [2.05, 4.69) is 18.0 Å². The summed E-state index contributed by atoms with van der Waals surface area (Å²) in [6, 6.07) is 4.48. The molecule has 0 spiro atoms.